The zero-order chi connectivity index (χ0) is 28.0. The summed E-state index contributed by atoms with van der Waals surface area (Å²) < 4.78 is 6.30. The summed E-state index contributed by atoms with van der Waals surface area (Å²) >= 11 is 0. The molecule has 5 aliphatic carbocycles. The number of ether oxygens (including phenoxy) is 1. The summed E-state index contributed by atoms with van der Waals surface area (Å²) in [6, 6.07) is 7.00. The third-order valence-electron chi connectivity index (χ3n) is 11.2. The van der Waals surface area contributed by atoms with Crippen molar-refractivity contribution in [2.24, 2.45) is 29.1 Å². The summed E-state index contributed by atoms with van der Waals surface area (Å²) in [5.41, 5.74) is 1.68. The quantitative estimate of drug-likeness (QED) is 0.429. The smallest absolute Gasteiger partial charge is 0.247 e. The number of carbonyl (C=O) groups is 2. The zero-order valence-corrected chi connectivity index (χ0v) is 24.1. The molecule has 4 fully saturated rings. The Balaban J connectivity index is 1.32. The average molecular weight is 551 g/mol. The van der Waals surface area contributed by atoms with Crippen molar-refractivity contribution in [3.8, 4) is 5.75 Å². The second-order valence-corrected chi connectivity index (χ2v) is 13.6. The van der Waals surface area contributed by atoms with Crippen LogP contribution >= 0.6 is 0 Å². The van der Waals surface area contributed by atoms with Gasteiger partial charge in [-0.15, -0.1) is 0 Å². The SMILES string of the molecule is CC1(C)[C@H]2CC[C@@H](CN(C(=O)CCC3CCCC3)[C@@H]3C=C(C(=O)NCCO)[C@@H]4c5ccccc5O[C@@H]4[C@H]3O)[C@@H]1C2. The number of aliphatic hydroxyl groups is 2. The molecule has 6 aliphatic rings. The molecular weight excluding hydrogens is 504 g/mol. The fraction of sp³-hybridized carbons (Fsp3) is 0.697. The molecule has 0 saturated heterocycles. The standard InChI is InChI=1S/C33H46N2O5/c1-33(2)22-13-12-21(25(33)17-22)19-35(28(37)14-11-20-7-3-4-8-20)26-18-24(32(39)34-15-16-36)29-23-9-5-6-10-27(23)40-31(29)30(26)38/h5-6,9-10,18,20-22,25-26,29-31,36,38H,3-4,7-8,11-17,19H2,1-2H3,(H,34,39)/t21-,22-,25-,26+,29-,30-,31-/m0/s1. The summed E-state index contributed by atoms with van der Waals surface area (Å²) in [7, 11) is 0. The zero-order valence-electron chi connectivity index (χ0n) is 24.1. The van der Waals surface area contributed by atoms with Crippen LogP contribution in [0.2, 0.25) is 0 Å². The summed E-state index contributed by atoms with van der Waals surface area (Å²) in [4.78, 5) is 29.4. The molecule has 1 aromatic carbocycles. The summed E-state index contributed by atoms with van der Waals surface area (Å²) in [5.74, 6) is 2.40. The minimum Gasteiger partial charge on any atom is -0.486 e. The van der Waals surface area contributed by atoms with Crippen LogP contribution in [0.25, 0.3) is 0 Å². The molecule has 2 bridgehead atoms. The maximum absolute atomic E-state index is 14.1. The first-order valence-corrected chi connectivity index (χ1v) is 15.6. The van der Waals surface area contributed by atoms with E-state index in [2.05, 4.69) is 19.2 Å². The molecule has 7 nitrogen and oxygen atoms in total. The van der Waals surface area contributed by atoms with Gasteiger partial charge >= 0.3 is 0 Å². The number of hydrogen-bond acceptors (Lipinski definition) is 5. The number of hydrogen-bond donors (Lipinski definition) is 3. The van der Waals surface area contributed by atoms with Crippen LogP contribution in [0.15, 0.2) is 35.9 Å². The summed E-state index contributed by atoms with van der Waals surface area (Å²) in [6.45, 7) is 5.35. The Bertz CT molecular complexity index is 1140. The van der Waals surface area contributed by atoms with Gasteiger partial charge in [-0.1, -0.05) is 57.7 Å². The monoisotopic (exact) mass is 550 g/mol. The van der Waals surface area contributed by atoms with Gasteiger partial charge < -0.3 is 25.2 Å². The highest BCUT2D eigenvalue weighted by atomic mass is 16.5. The highest BCUT2D eigenvalue weighted by Crippen LogP contribution is 2.61. The number of aliphatic hydroxyl groups excluding tert-OH is 2. The number of nitrogens with zero attached hydrogens (tertiary/aromatic N) is 1. The van der Waals surface area contributed by atoms with Gasteiger partial charge in [-0.2, -0.15) is 0 Å². The lowest BCUT2D eigenvalue weighted by Crippen LogP contribution is -2.59. The molecule has 40 heavy (non-hydrogen) atoms. The van der Waals surface area contributed by atoms with Gasteiger partial charge in [0.2, 0.25) is 11.8 Å². The molecule has 7 rings (SSSR count). The summed E-state index contributed by atoms with van der Waals surface area (Å²) in [6.07, 6.45) is 10.0. The molecule has 4 saturated carbocycles. The molecular formula is C33H46N2O5. The largest absolute Gasteiger partial charge is 0.486 e. The van der Waals surface area contributed by atoms with E-state index in [0.29, 0.717) is 47.5 Å². The topological polar surface area (TPSA) is 99.1 Å². The molecule has 1 heterocycles. The molecule has 1 aliphatic heterocycles. The van der Waals surface area contributed by atoms with E-state index in [9.17, 15) is 19.8 Å². The molecule has 2 amide bonds. The minimum atomic E-state index is -0.951. The van der Waals surface area contributed by atoms with Crippen LogP contribution < -0.4 is 10.1 Å². The number of fused-ring (bicyclic) bond motifs is 5. The van der Waals surface area contributed by atoms with Crippen LogP contribution in [-0.2, 0) is 9.59 Å². The van der Waals surface area contributed by atoms with Gasteiger partial charge in [0.05, 0.1) is 18.6 Å². The maximum atomic E-state index is 14.1. The van der Waals surface area contributed by atoms with Crippen molar-refractivity contribution in [2.45, 2.75) is 95.8 Å². The van der Waals surface area contributed by atoms with Crippen LogP contribution in [0.1, 0.15) is 83.1 Å². The Hall–Kier alpha value is -2.38. The number of para-hydroxylation sites is 1. The predicted molar refractivity (Wildman–Crippen MR) is 153 cm³/mol. The van der Waals surface area contributed by atoms with Crippen molar-refractivity contribution in [1.82, 2.24) is 10.2 Å². The second kappa shape index (κ2) is 11.1. The first kappa shape index (κ1) is 27.8. The minimum absolute atomic E-state index is 0.0792. The van der Waals surface area contributed by atoms with E-state index < -0.39 is 24.2 Å². The number of carbonyl (C=O) groups excluding carboxylic acids is 2. The van der Waals surface area contributed by atoms with E-state index in [1.165, 1.54) is 38.5 Å². The Labute approximate surface area is 238 Å². The number of benzene rings is 1. The van der Waals surface area contributed by atoms with Gasteiger partial charge in [-0.25, -0.2) is 0 Å². The number of amides is 2. The van der Waals surface area contributed by atoms with Crippen LogP contribution in [0.3, 0.4) is 0 Å². The van der Waals surface area contributed by atoms with Crippen molar-refractivity contribution in [3.63, 3.8) is 0 Å². The predicted octanol–water partition coefficient (Wildman–Crippen LogP) is 4.18. The van der Waals surface area contributed by atoms with Crippen molar-refractivity contribution in [2.75, 3.05) is 19.7 Å². The van der Waals surface area contributed by atoms with Crippen LogP contribution in [0.4, 0.5) is 0 Å². The molecule has 0 radical (unpaired) electrons. The van der Waals surface area contributed by atoms with E-state index in [1.807, 2.05) is 35.2 Å². The Morgan fingerprint density at radius 3 is 2.62 bits per heavy atom. The third kappa shape index (κ3) is 4.87. The van der Waals surface area contributed by atoms with E-state index in [-0.39, 0.29) is 25.0 Å². The van der Waals surface area contributed by atoms with Gasteiger partial charge in [-0.3, -0.25) is 9.59 Å². The van der Waals surface area contributed by atoms with Crippen molar-refractivity contribution in [1.29, 1.82) is 0 Å². The van der Waals surface area contributed by atoms with E-state index in [1.54, 1.807) is 0 Å². The van der Waals surface area contributed by atoms with E-state index >= 15 is 0 Å². The molecule has 3 N–H and O–H groups in total. The first-order chi connectivity index (χ1) is 19.3. The van der Waals surface area contributed by atoms with Crippen molar-refractivity contribution < 1.29 is 24.5 Å². The lowest BCUT2D eigenvalue weighted by Gasteiger charge is -2.61. The maximum Gasteiger partial charge on any atom is 0.247 e. The Morgan fingerprint density at radius 2 is 1.90 bits per heavy atom. The Kier molecular flexibility index (Phi) is 7.73. The van der Waals surface area contributed by atoms with Crippen molar-refractivity contribution in [3.05, 3.63) is 41.5 Å². The van der Waals surface area contributed by atoms with E-state index in [0.717, 1.165) is 24.3 Å². The lowest BCUT2D eigenvalue weighted by atomic mass is 9.45. The molecule has 0 spiro atoms. The lowest BCUT2D eigenvalue weighted by molar-refractivity contribution is -0.146. The van der Waals surface area contributed by atoms with Gasteiger partial charge in [0, 0.05) is 30.6 Å². The number of nitrogens with one attached hydrogen (secondary N) is 1. The average Bonchev–Trinajstić information content (AvgIpc) is 3.62. The second-order valence-electron chi connectivity index (χ2n) is 13.6. The highest BCUT2D eigenvalue weighted by Gasteiger charge is 2.56. The fourth-order valence-electron chi connectivity index (χ4n) is 8.78. The molecule has 7 heteroatoms. The third-order valence-corrected chi connectivity index (χ3v) is 11.2. The fourth-order valence-corrected chi connectivity index (χ4v) is 8.78. The van der Waals surface area contributed by atoms with Crippen molar-refractivity contribution >= 4 is 11.8 Å². The summed E-state index contributed by atoms with van der Waals surface area (Å²) in [5, 5.41) is 24.0. The molecule has 7 atom stereocenters. The highest BCUT2D eigenvalue weighted by molar-refractivity contribution is 5.96. The van der Waals surface area contributed by atoms with Gasteiger partial charge in [-0.05, 0) is 66.9 Å². The molecule has 0 aromatic heterocycles. The number of rotatable bonds is 9. The molecule has 1 aromatic rings. The van der Waals surface area contributed by atoms with Gasteiger partial charge in [0.1, 0.15) is 18.0 Å². The van der Waals surface area contributed by atoms with Crippen LogP contribution in [-0.4, -0.2) is 64.9 Å². The van der Waals surface area contributed by atoms with Crippen LogP contribution in [0, 0.1) is 29.1 Å². The van der Waals surface area contributed by atoms with Crippen LogP contribution in [0.5, 0.6) is 5.75 Å². The molecule has 218 valence electrons. The van der Waals surface area contributed by atoms with Gasteiger partial charge in [0.15, 0.2) is 0 Å². The van der Waals surface area contributed by atoms with E-state index in [4.69, 9.17) is 4.74 Å². The molecule has 0 unspecified atom stereocenters. The normalized spacial score (nSPS) is 33.7. The first-order valence-electron chi connectivity index (χ1n) is 15.6. The Morgan fingerprint density at radius 1 is 1.12 bits per heavy atom. The van der Waals surface area contributed by atoms with Gasteiger partial charge in [0.25, 0.3) is 0 Å².